The van der Waals surface area contributed by atoms with Gasteiger partial charge in [-0.05, 0) is 59.2 Å². The molecule has 6 heteroatoms. The number of allylic oxidation sites excluding steroid dienone is 1. The molecule has 5 nitrogen and oxygen atoms in total. The normalized spacial score (nSPS) is 14.8. The number of aliphatic imine (C=N–C) groups is 1. The van der Waals surface area contributed by atoms with E-state index < -0.39 is 7.19 Å². The third-order valence-electron chi connectivity index (χ3n) is 9.01. The standard InChI is InChI=1S/C40H29BN4O/c1-46-41-44-33-22-23-34(44)38(28-16-8-3-9-17-28)35-24-25-36(45(35)41)39(29-18-10-4-11-19-29)40-32(42-30-20-12-5-13-21-30)26-31(43-40)37(33)27-14-6-2-7-15-27/h2-26,42H,1H3. The van der Waals surface area contributed by atoms with Crippen LogP contribution in [0.5, 0.6) is 0 Å². The summed E-state index contributed by atoms with van der Waals surface area (Å²) >= 11 is 0. The van der Waals surface area contributed by atoms with Crippen LogP contribution in [0.2, 0.25) is 0 Å². The van der Waals surface area contributed by atoms with Gasteiger partial charge in [-0.3, -0.25) is 0 Å². The first kappa shape index (κ1) is 26.5. The molecule has 0 fully saturated rings. The molecule has 0 radical (unpaired) electrons. The van der Waals surface area contributed by atoms with E-state index in [2.05, 4.69) is 160 Å². The van der Waals surface area contributed by atoms with Crippen molar-refractivity contribution in [2.24, 2.45) is 4.99 Å². The van der Waals surface area contributed by atoms with Crippen LogP contribution >= 0.6 is 0 Å². The zero-order valence-corrected chi connectivity index (χ0v) is 25.3. The Kier molecular flexibility index (Phi) is 6.15. The van der Waals surface area contributed by atoms with Gasteiger partial charge in [-0.1, -0.05) is 109 Å². The summed E-state index contributed by atoms with van der Waals surface area (Å²) in [5.41, 5.74) is 12.5. The van der Waals surface area contributed by atoms with Crippen LogP contribution < -0.4 is 16.0 Å². The SMILES string of the molecule is COB1n2c3ccc2C(c2ccccc2)=c2ccc(n21)=C(c1ccccc1)C1=NC(=C3c2ccccc2)C(Nc2ccccc2)=C1. The van der Waals surface area contributed by atoms with E-state index in [4.69, 9.17) is 9.65 Å². The Morgan fingerprint density at radius 2 is 1.04 bits per heavy atom. The number of aromatic nitrogens is 2. The van der Waals surface area contributed by atoms with E-state index in [0.29, 0.717) is 0 Å². The van der Waals surface area contributed by atoms with Crippen LogP contribution in [0.3, 0.4) is 0 Å². The van der Waals surface area contributed by atoms with Crippen molar-refractivity contribution in [1.82, 2.24) is 8.96 Å². The van der Waals surface area contributed by atoms with E-state index in [1.54, 1.807) is 7.11 Å². The fourth-order valence-electron chi connectivity index (χ4n) is 7.10. The lowest BCUT2D eigenvalue weighted by atomic mass is 9.88. The fourth-order valence-corrected chi connectivity index (χ4v) is 7.10. The summed E-state index contributed by atoms with van der Waals surface area (Å²) in [7, 11) is 1.38. The van der Waals surface area contributed by atoms with Crippen LogP contribution in [0.15, 0.2) is 168 Å². The largest absolute Gasteiger partial charge is 0.557 e. The molecule has 2 aromatic heterocycles. The second-order valence-electron chi connectivity index (χ2n) is 11.6. The van der Waals surface area contributed by atoms with Gasteiger partial charge in [-0.15, -0.1) is 0 Å². The summed E-state index contributed by atoms with van der Waals surface area (Å²) in [4.78, 5) is 5.51. The van der Waals surface area contributed by atoms with E-state index in [1.165, 1.54) is 5.57 Å². The molecule has 0 saturated heterocycles. The molecule has 0 spiro atoms. The quantitative estimate of drug-likeness (QED) is 0.231. The van der Waals surface area contributed by atoms with Crippen molar-refractivity contribution in [2.45, 2.75) is 0 Å². The third kappa shape index (κ3) is 4.04. The highest BCUT2D eigenvalue weighted by Gasteiger charge is 2.38. The molecule has 46 heavy (non-hydrogen) atoms. The summed E-state index contributed by atoms with van der Waals surface area (Å²) in [5.74, 6) is 0. The van der Waals surface area contributed by atoms with E-state index in [1.807, 2.05) is 6.07 Å². The molecule has 4 bridgehead atoms. The molecular weight excluding hydrogens is 563 g/mol. The molecule has 0 aliphatic carbocycles. The number of anilines is 1. The predicted octanol–water partition coefficient (Wildman–Crippen LogP) is 6.30. The minimum atomic E-state index is -0.422. The lowest BCUT2D eigenvalue weighted by Crippen LogP contribution is -2.52. The molecule has 0 unspecified atom stereocenters. The van der Waals surface area contributed by atoms with Crippen molar-refractivity contribution >= 4 is 35.3 Å². The average molecular weight is 593 g/mol. The maximum atomic E-state index is 6.48. The van der Waals surface area contributed by atoms with E-state index in [-0.39, 0.29) is 0 Å². The van der Waals surface area contributed by atoms with E-state index >= 15 is 0 Å². The Morgan fingerprint density at radius 1 is 0.543 bits per heavy atom. The van der Waals surface area contributed by atoms with Crippen molar-refractivity contribution < 1.29 is 4.65 Å². The topological polar surface area (TPSA) is 43.5 Å². The molecule has 1 N–H and O–H groups in total. The molecule has 4 aromatic carbocycles. The van der Waals surface area contributed by atoms with Gasteiger partial charge in [0.25, 0.3) is 0 Å². The van der Waals surface area contributed by atoms with Crippen LogP contribution in [0, 0.1) is 0 Å². The number of rotatable bonds is 6. The first-order valence-corrected chi connectivity index (χ1v) is 15.5. The second-order valence-corrected chi connectivity index (χ2v) is 11.6. The molecule has 5 heterocycles. The van der Waals surface area contributed by atoms with Gasteiger partial charge in [0, 0.05) is 51.6 Å². The third-order valence-corrected chi connectivity index (χ3v) is 9.01. The molecule has 3 aliphatic rings. The number of hydrogen-bond acceptors (Lipinski definition) is 3. The van der Waals surface area contributed by atoms with Crippen molar-refractivity contribution in [3.05, 3.63) is 202 Å². The fraction of sp³-hybridized carbons (Fsp3) is 0.0250. The average Bonchev–Trinajstić information content (AvgIpc) is 3.85. The Labute approximate surface area is 267 Å². The van der Waals surface area contributed by atoms with Crippen LogP contribution in [0.25, 0.3) is 16.7 Å². The van der Waals surface area contributed by atoms with Crippen molar-refractivity contribution in [3.8, 4) is 0 Å². The highest BCUT2D eigenvalue weighted by atomic mass is 16.4. The van der Waals surface area contributed by atoms with Crippen LogP contribution in [-0.4, -0.2) is 29.0 Å². The van der Waals surface area contributed by atoms with E-state index in [9.17, 15) is 0 Å². The number of benzene rings is 4. The molecule has 0 saturated carbocycles. The van der Waals surface area contributed by atoms with Crippen LogP contribution in [0.4, 0.5) is 5.69 Å². The maximum Gasteiger partial charge on any atom is 0.557 e. The van der Waals surface area contributed by atoms with Gasteiger partial charge in [0.05, 0.1) is 17.1 Å². The molecular formula is C40H29BN4O. The predicted molar refractivity (Wildman–Crippen MR) is 187 cm³/mol. The summed E-state index contributed by atoms with van der Waals surface area (Å²) in [6.45, 7) is 0. The summed E-state index contributed by atoms with van der Waals surface area (Å²) in [6.07, 6.45) is 2.20. The smallest absolute Gasteiger partial charge is 0.400 e. The van der Waals surface area contributed by atoms with Crippen molar-refractivity contribution in [1.29, 1.82) is 0 Å². The number of para-hydroxylation sites is 1. The highest BCUT2D eigenvalue weighted by Crippen LogP contribution is 2.39. The minimum Gasteiger partial charge on any atom is -0.400 e. The zero-order chi connectivity index (χ0) is 30.6. The van der Waals surface area contributed by atoms with Gasteiger partial charge in [-0.25, -0.2) is 4.99 Å². The summed E-state index contributed by atoms with van der Waals surface area (Å²) < 4.78 is 11.2. The number of hydrogen-bond donors (Lipinski definition) is 1. The lowest BCUT2D eigenvalue weighted by molar-refractivity contribution is 0.396. The number of fused-ring (bicyclic) bond motifs is 1. The monoisotopic (exact) mass is 592 g/mol. The second kappa shape index (κ2) is 10.7. The van der Waals surface area contributed by atoms with Gasteiger partial charge < -0.3 is 18.9 Å². The van der Waals surface area contributed by atoms with Crippen LogP contribution in [0.1, 0.15) is 28.1 Å². The first-order chi connectivity index (χ1) is 22.8. The number of nitrogens with zero attached hydrogens (tertiary/aromatic N) is 3. The van der Waals surface area contributed by atoms with E-state index in [0.717, 1.165) is 72.7 Å². The molecule has 3 aliphatic heterocycles. The number of nitrogens with one attached hydrogen (secondary N) is 1. The molecule has 6 aromatic rings. The summed E-state index contributed by atoms with van der Waals surface area (Å²) in [6, 6.07) is 51.1. The summed E-state index contributed by atoms with van der Waals surface area (Å²) in [5, 5.41) is 5.88. The Morgan fingerprint density at radius 3 is 1.63 bits per heavy atom. The van der Waals surface area contributed by atoms with Gasteiger partial charge in [0.1, 0.15) is 0 Å². The van der Waals surface area contributed by atoms with Crippen molar-refractivity contribution in [2.75, 3.05) is 12.4 Å². The van der Waals surface area contributed by atoms with Crippen LogP contribution in [-0.2, 0) is 4.65 Å². The molecule has 218 valence electrons. The van der Waals surface area contributed by atoms with Gasteiger partial charge in [0.2, 0.25) is 0 Å². The molecule has 0 amide bonds. The zero-order valence-electron chi connectivity index (χ0n) is 25.3. The molecule has 0 atom stereocenters. The molecule has 9 rings (SSSR count). The lowest BCUT2D eigenvalue weighted by Gasteiger charge is -2.29. The Bertz CT molecular complexity index is 2350. The minimum absolute atomic E-state index is 0.422. The Hall–Kier alpha value is -5.85. The highest BCUT2D eigenvalue weighted by molar-refractivity contribution is 6.50. The van der Waals surface area contributed by atoms with Gasteiger partial charge in [-0.2, -0.15) is 0 Å². The van der Waals surface area contributed by atoms with Gasteiger partial charge >= 0.3 is 7.19 Å². The Balaban J connectivity index is 1.47. The first-order valence-electron chi connectivity index (χ1n) is 15.5. The van der Waals surface area contributed by atoms with Crippen molar-refractivity contribution in [3.63, 3.8) is 0 Å². The maximum absolute atomic E-state index is 6.48. The van der Waals surface area contributed by atoms with Gasteiger partial charge in [0.15, 0.2) is 0 Å².